The fraction of sp³-hybridized carbons (Fsp3) is 0. The summed E-state index contributed by atoms with van der Waals surface area (Å²) < 4.78 is 0. The number of aromatic hydroxyl groups is 1. The lowest BCUT2D eigenvalue weighted by Gasteiger charge is -2.08. The molecular weight excluding hydrogens is 280 g/mol. The number of rotatable bonds is 2. The molecule has 0 atom stereocenters. The van der Waals surface area contributed by atoms with Crippen molar-refractivity contribution in [1.82, 2.24) is 0 Å². The molecule has 1 nitrogen and oxygen atoms in total. The highest BCUT2D eigenvalue weighted by Crippen LogP contribution is 2.29. The van der Waals surface area contributed by atoms with E-state index in [-0.39, 0.29) is 0 Å². The number of hydrogen-bond acceptors (Lipinski definition) is 1. The van der Waals surface area contributed by atoms with Crippen LogP contribution in [0, 0.1) is 0 Å². The molecule has 4 aromatic carbocycles. The summed E-state index contributed by atoms with van der Waals surface area (Å²) in [4.78, 5) is 0. The zero-order valence-corrected chi connectivity index (χ0v) is 12.6. The van der Waals surface area contributed by atoms with Crippen LogP contribution < -0.4 is 0 Å². The Hall–Kier alpha value is -3.06. The average Bonchev–Trinajstić information content (AvgIpc) is 2.62. The van der Waals surface area contributed by atoms with Gasteiger partial charge in [0, 0.05) is 0 Å². The van der Waals surface area contributed by atoms with Crippen molar-refractivity contribution in [2.75, 3.05) is 0 Å². The van der Waals surface area contributed by atoms with Gasteiger partial charge in [0.1, 0.15) is 5.75 Å². The molecule has 0 radical (unpaired) electrons. The molecule has 0 spiro atoms. The maximum atomic E-state index is 9.58. The van der Waals surface area contributed by atoms with Gasteiger partial charge < -0.3 is 5.11 Å². The Morgan fingerprint density at radius 1 is 0.435 bits per heavy atom. The molecule has 4 rings (SSSR count). The molecule has 110 valence electrons. The maximum Gasteiger partial charge on any atom is 0.116 e. The largest absolute Gasteiger partial charge is 0.508 e. The van der Waals surface area contributed by atoms with E-state index in [2.05, 4.69) is 66.7 Å². The minimum atomic E-state index is 0.302. The van der Waals surface area contributed by atoms with Crippen LogP contribution in [-0.4, -0.2) is 5.11 Å². The van der Waals surface area contributed by atoms with Crippen LogP contribution >= 0.6 is 0 Å². The van der Waals surface area contributed by atoms with Crippen LogP contribution in [-0.2, 0) is 0 Å². The summed E-state index contributed by atoms with van der Waals surface area (Å²) in [5.41, 5.74) is 4.82. The smallest absolute Gasteiger partial charge is 0.116 e. The lowest BCUT2D eigenvalue weighted by molar-refractivity contribution is 0.476. The van der Waals surface area contributed by atoms with Crippen molar-refractivity contribution in [3.63, 3.8) is 0 Å². The van der Waals surface area contributed by atoms with Crippen molar-refractivity contribution >= 4 is 10.8 Å². The fourth-order valence-corrected chi connectivity index (χ4v) is 2.92. The lowest BCUT2D eigenvalue weighted by Crippen LogP contribution is -1.82. The van der Waals surface area contributed by atoms with Crippen LogP contribution in [0.25, 0.3) is 33.0 Å². The predicted molar refractivity (Wildman–Crippen MR) is 96.5 cm³/mol. The van der Waals surface area contributed by atoms with E-state index in [4.69, 9.17) is 0 Å². The van der Waals surface area contributed by atoms with Crippen molar-refractivity contribution in [3.05, 3.63) is 91.0 Å². The molecule has 0 saturated heterocycles. The Balaban J connectivity index is 1.80. The molecule has 0 heterocycles. The summed E-state index contributed by atoms with van der Waals surface area (Å²) >= 11 is 0. The van der Waals surface area contributed by atoms with Crippen molar-refractivity contribution in [3.8, 4) is 28.0 Å². The summed E-state index contributed by atoms with van der Waals surface area (Å²) in [6, 6.07) is 30.8. The second-order valence-corrected chi connectivity index (χ2v) is 5.69. The number of hydrogen-bond donors (Lipinski definition) is 1. The molecule has 0 aliphatic rings. The number of benzene rings is 4. The summed E-state index contributed by atoms with van der Waals surface area (Å²) in [5.74, 6) is 0.302. The van der Waals surface area contributed by atoms with Gasteiger partial charge in [-0.1, -0.05) is 66.7 Å². The van der Waals surface area contributed by atoms with Crippen LogP contribution in [0.3, 0.4) is 0 Å². The summed E-state index contributed by atoms with van der Waals surface area (Å²) in [5, 5.41) is 11.8. The van der Waals surface area contributed by atoms with E-state index in [1.54, 1.807) is 12.1 Å². The Morgan fingerprint density at radius 2 is 1.04 bits per heavy atom. The third kappa shape index (κ3) is 2.69. The molecule has 0 aromatic heterocycles. The van der Waals surface area contributed by atoms with Crippen LogP contribution in [0.5, 0.6) is 5.75 Å². The molecule has 0 saturated carbocycles. The first kappa shape index (κ1) is 13.6. The zero-order chi connectivity index (χ0) is 15.6. The van der Waals surface area contributed by atoms with Gasteiger partial charge in [-0.05, 0) is 57.3 Å². The van der Waals surface area contributed by atoms with Crippen molar-refractivity contribution in [2.45, 2.75) is 0 Å². The van der Waals surface area contributed by atoms with Crippen LogP contribution in [0.2, 0.25) is 0 Å². The van der Waals surface area contributed by atoms with E-state index in [0.717, 1.165) is 10.8 Å². The lowest BCUT2D eigenvalue weighted by atomic mass is 9.97. The first-order valence-corrected chi connectivity index (χ1v) is 7.68. The monoisotopic (exact) mass is 296 g/mol. The second-order valence-electron chi connectivity index (χ2n) is 5.69. The maximum absolute atomic E-state index is 9.58. The van der Waals surface area contributed by atoms with Gasteiger partial charge in [0.25, 0.3) is 0 Å². The molecule has 23 heavy (non-hydrogen) atoms. The molecule has 1 N–H and O–H groups in total. The van der Waals surface area contributed by atoms with Crippen molar-refractivity contribution in [2.24, 2.45) is 0 Å². The van der Waals surface area contributed by atoms with Gasteiger partial charge in [0.05, 0.1) is 0 Å². The van der Waals surface area contributed by atoms with Gasteiger partial charge in [0.15, 0.2) is 0 Å². The minimum absolute atomic E-state index is 0.302. The Labute approximate surface area is 135 Å². The highest BCUT2D eigenvalue weighted by atomic mass is 16.3. The van der Waals surface area contributed by atoms with Crippen molar-refractivity contribution < 1.29 is 5.11 Å². The molecule has 4 aromatic rings. The first-order valence-electron chi connectivity index (χ1n) is 7.68. The second kappa shape index (κ2) is 5.62. The first-order chi connectivity index (χ1) is 11.3. The van der Waals surface area contributed by atoms with Gasteiger partial charge >= 0.3 is 0 Å². The highest BCUT2D eigenvalue weighted by Gasteiger charge is 2.03. The van der Waals surface area contributed by atoms with Crippen molar-refractivity contribution in [1.29, 1.82) is 0 Å². The van der Waals surface area contributed by atoms with E-state index < -0.39 is 0 Å². The summed E-state index contributed by atoms with van der Waals surface area (Å²) in [6.07, 6.45) is 0. The molecule has 0 unspecified atom stereocenters. The average molecular weight is 296 g/mol. The van der Waals surface area contributed by atoms with Crippen LogP contribution in [0.15, 0.2) is 91.0 Å². The van der Waals surface area contributed by atoms with E-state index in [0.29, 0.717) is 5.75 Å². The fourth-order valence-electron chi connectivity index (χ4n) is 2.92. The van der Waals surface area contributed by atoms with E-state index in [1.807, 2.05) is 12.1 Å². The third-order valence-corrected chi connectivity index (χ3v) is 4.13. The Bertz CT molecular complexity index is 971. The normalized spacial score (nSPS) is 10.8. The Morgan fingerprint density at radius 3 is 1.87 bits per heavy atom. The van der Waals surface area contributed by atoms with E-state index in [1.165, 1.54) is 22.3 Å². The summed E-state index contributed by atoms with van der Waals surface area (Å²) in [6.45, 7) is 0. The highest BCUT2D eigenvalue weighted by molar-refractivity contribution is 5.88. The van der Waals surface area contributed by atoms with Gasteiger partial charge in [-0.2, -0.15) is 0 Å². The molecule has 0 aliphatic carbocycles. The standard InChI is InChI=1S/C22H16O/c23-22-12-11-20-14-19(9-10-21(20)15-22)18-8-4-7-17(13-18)16-5-2-1-3-6-16/h1-15,23H. The molecule has 0 bridgehead atoms. The molecular formula is C22H16O. The molecule has 0 aliphatic heterocycles. The number of phenolic OH excluding ortho intramolecular Hbond substituents is 1. The van der Waals surface area contributed by atoms with E-state index >= 15 is 0 Å². The van der Waals surface area contributed by atoms with Gasteiger partial charge in [-0.25, -0.2) is 0 Å². The third-order valence-electron chi connectivity index (χ3n) is 4.13. The molecule has 0 fully saturated rings. The van der Waals surface area contributed by atoms with E-state index in [9.17, 15) is 5.11 Å². The molecule has 0 amide bonds. The number of phenols is 1. The van der Waals surface area contributed by atoms with Gasteiger partial charge in [-0.3, -0.25) is 0 Å². The predicted octanol–water partition coefficient (Wildman–Crippen LogP) is 5.88. The minimum Gasteiger partial charge on any atom is -0.508 e. The topological polar surface area (TPSA) is 20.2 Å². The van der Waals surface area contributed by atoms with Crippen LogP contribution in [0.4, 0.5) is 0 Å². The quantitative estimate of drug-likeness (QED) is 0.490. The SMILES string of the molecule is Oc1ccc2cc(-c3cccc(-c4ccccc4)c3)ccc2c1. The number of fused-ring (bicyclic) bond motifs is 1. The summed E-state index contributed by atoms with van der Waals surface area (Å²) in [7, 11) is 0. The van der Waals surface area contributed by atoms with Gasteiger partial charge in [-0.15, -0.1) is 0 Å². The van der Waals surface area contributed by atoms with Gasteiger partial charge in [0.2, 0.25) is 0 Å². The van der Waals surface area contributed by atoms with Crippen LogP contribution in [0.1, 0.15) is 0 Å². The molecule has 1 heteroatoms. The zero-order valence-electron chi connectivity index (χ0n) is 12.6. The Kier molecular flexibility index (Phi) is 3.32.